The zero-order valence-corrected chi connectivity index (χ0v) is 9.45. The molecule has 0 fully saturated rings. The van der Waals surface area contributed by atoms with Gasteiger partial charge in [0.2, 0.25) is 0 Å². The molecule has 18 heavy (non-hydrogen) atoms. The van der Waals surface area contributed by atoms with Gasteiger partial charge in [-0.1, -0.05) is 0 Å². The average Bonchev–Trinajstić information content (AvgIpc) is 2.85. The molecule has 2 aromatic rings. The number of nitrogens with zero attached hydrogens (tertiary/aromatic N) is 5. The first-order chi connectivity index (χ1) is 8.75. The van der Waals surface area contributed by atoms with Gasteiger partial charge in [-0.15, -0.1) is 10.2 Å². The van der Waals surface area contributed by atoms with Gasteiger partial charge in [0.15, 0.2) is 11.6 Å². The summed E-state index contributed by atoms with van der Waals surface area (Å²) in [7, 11) is 0. The fourth-order valence-corrected chi connectivity index (χ4v) is 1.96. The number of carbonyl (C=O) groups is 1. The Kier molecular flexibility index (Phi) is 2.51. The molecule has 0 N–H and O–H groups in total. The van der Waals surface area contributed by atoms with Crippen LogP contribution in [0.15, 0.2) is 24.8 Å². The summed E-state index contributed by atoms with van der Waals surface area (Å²) < 4.78 is 15.4. The Bertz CT molecular complexity index is 597. The van der Waals surface area contributed by atoms with E-state index in [-0.39, 0.29) is 11.5 Å². The third-order valence-corrected chi connectivity index (χ3v) is 2.93. The smallest absolute Gasteiger partial charge is 0.257 e. The summed E-state index contributed by atoms with van der Waals surface area (Å²) in [4.78, 5) is 17.3. The highest BCUT2D eigenvalue weighted by Crippen LogP contribution is 2.14. The van der Waals surface area contributed by atoms with Gasteiger partial charge in [0, 0.05) is 19.3 Å². The van der Waals surface area contributed by atoms with Crippen molar-refractivity contribution in [3.8, 4) is 0 Å². The van der Waals surface area contributed by atoms with Crippen LogP contribution in [0.25, 0.3) is 0 Å². The van der Waals surface area contributed by atoms with Crippen LogP contribution in [0, 0.1) is 5.82 Å². The van der Waals surface area contributed by atoms with Crippen molar-refractivity contribution >= 4 is 5.91 Å². The zero-order valence-electron chi connectivity index (χ0n) is 9.45. The molecule has 0 atom stereocenters. The highest BCUT2D eigenvalue weighted by molar-refractivity contribution is 5.94. The Morgan fingerprint density at radius 2 is 2.28 bits per heavy atom. The van der Waals surface area contributed by atoms with Crippen LogP contribution in [0.3, 0.4) is 0 Å². The highest BCUT2D eigenvalue weighted by Gasteiger charge is 2.24. The van der Waals surface area contributed by atoms with Crippen molar-refractivity contribution in [1.29, 1.82) is 0 Å². The van der Waals surface area contributed by atoms with Crippen molar-refractivity contribution in [1.82, 2.24) is 24.6 Å². The molecule has 3 heterocycles. The van der Waals surface area contributed by atoms with Crippen LogP contribution < -0.4 is 0 Å². The number of hydrogen-bond acceptors (Lipinski definition) is 4. The van der Waals surface area contributed by atoms with Crippen LogP contribution in [0.5, 0.6) is 0 Å². The van der Waals surface area contributed by atoms with Gasteiger partial charge in [-0.3, -0.25) is 9.78 Å². The number of halogens is 1. The number of hydrogen-bond donors (Lipinski definition) is 0. The molecule has 0 radical (unpaired) electrons. The van der Waals surface area contributed by atoms with Gasteiger partial charge in [-0.25, -0.2) is 4.39 Å². The van der Waals surface area contributed by atoms with Gasteiger partial charge in [0.05, 0.1) is 18.3 Å². The van der Waals surface area contributed by atoms with E-state index in [1.54, 1.807) is 11.2 Å². The van der Waals surface area contributed by atoms with Crippen LogP contribution in [-0.2, 0) is 13.1 Å². The minimum absolute atomic E-state index is 0.0398. The fourth-order valence-electron chi connectivity index (χ4n) is 1.96. The molecule has 7 heteroatoms. The summed E-state index contributed by atoms with van der Waals surface area (Å²) in [5.74, 6) is -0.234. The molecule has 3 rings (SSSR count). The van der Waals surface area contributed by atoms with E-state index in [4.69, 9.17) is 0 Å². The quantitative estimate of drug-likeness (QED) is 0.734. The van der Waals surface area contributed by atoms with E-state index in [0.29, 0.717) is 25.5 Å². The second-order valence-electron chi connectivity index (χ2n) is 4.02. The molecule has 0 aromatic carbocycles. The molecule has 1 amide bonds. The Morgan fingerprint density at radius 1 is 1.39 bits per heavy atom. The van der Waals surface area contributed by atoms with Crippen molar-refractivity contribution in [3.63, 3.8) is 0 Å². The van der Waals surface area contributed by atoms with E-state index in [1.165, 1.54) is 12.3 Å². The number of carbonyl (C=O) groups excluding carboxylic acids is 1. The lowest BCUT2D eigenvalue weighted by Gasteiger charge is -2.27. The van der Waals surface area contributed by atoms with E-state index in [9.17, 15) is 9.18 Å². The molecular formula is C11H10FN5O. The van der Waals surface area contributed by atoms with E-state index in [0.717, 1.165) is 6.20 Å². The maximum atomic E-state index is 13.5. The molecule has 0 bridgehead atoms. The van der Waals surface area contributed by atoms with Crippen molar-refractivity contribution in [3.05, 3.63) is 42.0 Å². The average molecular weight is 247 g/mol. The van der Waals surface area contributed by atoms with Crippen molar-refractivity contribution < 1.29 is 9.18 Å². The third kappa shape index (κ3) is 1.73. The number of rotatable bonds is 1. The molecular weight excluding hydrogens is 237 g/mol. The number of pyridine rings is 1. The van der Waals surface area contributed by atoms with E-state index in [2.05, 4.69) is 15.2 Å². The monoisotopic (exact) mass is 247 g/mol. The van der Waals surface area contributed by atoms with Gasteiger partial charge < -0.3 is 9.47 Å². The summed E-state index contributed by atoms with van der Waals surface area (Å²) in [5, 5.41) is 7.70. The first-order valence-corrected chi connectivity index (χ1v) is 5.51. The lowest BCUT2D eigenvalue weighted by atomic mass is 10.2. The highest BCUT2D eigenvalue weighted by atomic mass is 19.1. The number of amides is 1. The van der Waals surface area contributed by atoms with Gasteiger partial charge in [0.25, 0.3) is 5.91 Å². The van der Waals surface area contributed by atoms with E-state index in [1.807, 2.05) is 4.57 Å². The van der Waals surface area contributed by atoms with Crippen molar-refractivity contribution in [2.45, 2.75) is 13.1 Å². The lowest BCUT2D eigenvalue weighted by molar-refractivity contribution is 0.0702. The molecule has 92 valence electrons. The second-order valence-corrected chi connectivity index (χ2v) is 4.02. The molecule has 6 nitrogen and oxygen atoms in total. The Balaban J connectivity index is 1.85. The zero-order chi connectivity index (χ0) is 12.5. The lowest BCUT2D eigenvalue weighted by Crippen LogP contribution is -2.38. The van der Waals surface area contributed by atoms with Gasteiger partial charge in [-0.05, 0) is 6.07 Å². The topological polar surface area (TPSA) is 63.9 Å². The predicted octanol–water partition coefficient (Wildman–Crippen LogP) is 0.468. The fraction of sp³-hybridized carbons (Fsp3) is 0.273. The first kappa shape index (κ1) is 10.8. The number of aromatic nitrogens is 4. The Labute approximate surface area is 102 Å². The van der Waals surface area contributed by atoms with Crippen LogP contribution >= 0.6 is 0 Å². The summed E-state index contributed by atoms with van der Waals surface area (Å²) in [5.41, 5.74) is 0.0398. The van der Waals surface area contributed by atoms with Gasteiger partial charge in [0.1, 0.15) is 6.33 Å². The molecule has 0 spiro atoms. The summed E-state index contributed by atoms with van der Waals surface area (Å²) >= 11 is 0. The molecule has 0 unspecified atom stereocenters. The van der Waals surface area contributed by atoms with Crippen LogP contribution in [0.4, 0.5) is 4.39 Å². The second kappa shape index (κ2) is 4.17. The normalized spacial score (nSPS) is 14.4. The predicted molar refractivity (Wildman–Crippen MR) is 59.0 cm³/mol. The molecule has 0 saturated heterocycles. The molecule has 1 aliphatic heterocycles. The minimum atomic E-state index is -0.602. The largest absolute Gasteiger partial charge is 0.329 e. The molecule has 0 aliphatic carbocycles. The maximum Gasteiger partial charge on any atom is 0.257 e. The number of fused-ring (bicyclic) bond motifs is 1. The van der Waals surface area contributed by atoms with E-state index >= 15 is 0 Å². The van der Waals surface area contributed by atoms with Crippen molar-refractivity contribution in [2.24, 2.45) is 0 Å². The van der Waals surface area contributed by atoms with E-state index < -0.39 is 5.82 Å². The SMILES string of the molecule is O=C(c1ccncc1F)N1CCn2cnnc2C1. The Hall–Kier alpha value is -2.31. The van der Waals surface area contributed by atoms with Crippen LogP contribution in [0.2, 0.25) is 0 Å². The van der Waals surface area contributed by atoms with Crippen LogP contribution in [0.1, 0.15) is 16.2 Å². The standard InChI is InChI=1S/C11H10FN5O/c12-9-5-13-2-1-8(9)11(18)16-3-4-17-7-14-15-10(17)6-16/h1-2,5,7H,3-4,6H2. The maximum absolute atomic E-state index is 13.5. The van der Waals surface area contributed by atoms with Crippen molar-refractivity contribution in [2.75, 3.05) is 6.54 Å². The molecule has 1 aliphatic rings. The van der Waals surface area contributed by atoms with Crippen LogP contribution in [-0.4, -0.2) is 37.1 Å². The Morgan fingerprint density at radius 3 is 3.11 bits per heavy atom. The third-order valence-electron chi connectivity index (χ3n) is 2.93. The first-order valence-electron chi connectivity index (χ1n) is 5.51. The minimum Gasteiger partial charge on any atom is -0.329 e. The summed E-state index contributed by atoms with van der Waals surface area (Å²) in [6, 6.07) is 1.39. The van der Waals surface area contributed by atoms with Gasteiger partial charge >= 0.3 is 0 Å². The summed E-state index contributed by atoms with van der Waals surface area (Å²) in [6.45, 7) is 1.49. The van der Waals surface area contributed by atoms with Gasteiger partial charge in [-0.2, -0.15) is 0 Å². The summed E-state index contributed by atoms with van der Waals surface area (Å²) in [6.07, 6.45) is 4.08. The molecule has 2 aromatic heterocycles. The molecule has 0 saturated carbocycles.